The smallest absolute Gasteiger partial charge is 0.163 e. The highest BCUT2D eigenvalue weighted by molar-refractivity contribution is 5.23. The molecule has 2 aliphatic heterocycles. The summed E-state index contributed by atoms with van der Waals surface area (Å²) >= 11 is 0. The van der Waals surface area contributed by atoms with Gasteiger partial charge in [0, 0.05) is 6.54 Å². The normalized spacial score (nSPS) is 36.2. The maximum Gasteiger partial charge on any atom is 0.163 e. The van der Waals surface area contributed by atoms with Crippen LogP contribution in [0.25, 0.3) is 0 Å². The van der Waals surface area contributed by atoms with Crippen LogP contribution >= 0.6 is 0 Å². The van der Waals surface area contributed by atoms with Crippen molar-refractivity contribution in [2.24, 2.45) is 0 Å². The van der Waals surface area contributed by atoms with Gasteiger partial charge in [-0.15, -0.1) is 0 Å². The number of benzene rings is 1. The van der Waals surface area contributed by atoms with Crippen molar-refractivity contribution < 1.29 is 9.47 Å². The molecule has 2 heterocycles. The molecule has 2 fully saturated rings. The van der Waals surface area contributed by atoms with E-state index in [0.717, 1.165) is 6.54 Å². The molecule has 0 aromatic heterocycles. The molecule has 0 radical (unpaired) electrons. The summed E-state index contributed by atoms with van der Waals surface area (Å²) < 4.78 is 11.8. The number of ether oxygens (including phenoxy) is 2. The molecule has 2 aliphatic rings. The van der Waals surface area contributed by atoms with Gasteiger partial charge in [0.05, 0.1) is 6.04 Å². The number of fused-ring (bicyclic) bond motifs is 1. The highest BCUT2D eigenvalue weighted by Crippen LogP contribution is 2.38. The molecule has 0 unspecified atom stereocenters. The third kappa shape index (κ3) is 1.65. The van der Waals surface area contributed by atoms with Crippen LogP contribution in [0.2, 0.25) is 0 Å². The van der Waals surface area contributed by atoms with Crippen molar-refractivity contribution in [3.8, 4) is 0 Å². The van der Waals surface area contributed by atoms with E-state index in [1.807, 2.05) is 19.9 Å². The van der Waals surface area contributed by atoms with E-state index >= 15 is 0 Å². The predicted octanol–water partition coefficient (Wildman–Crippen LogP) is 1.85. The minimum atomic E-state index is -0.440. The first-order valence-electron chi connectivity index (χ1n) is 5.80. The first kappa shape index (κ1) is 10.3. The Hall–Kier alpha value is -0.900. The Morgan fingerprint density at radius 2 is 1.94 bits per heavy atom. The molecule has 3 heteroatoms. The predicted molar refractivity (Wildman–Crippen MR) is 61.0 cm³/mol. The monoisotopic (exact) mass is 219 g/mol. The van der Waals surface area contributed by atoms with Crippen LogP contribution in [-0.2, 0) is 9.47 Å². The number of rotatable bonds is 1. The lowest BCUT2D eigenvalue weighted by molar-refractivity contribution is -0.153. The molecule has 1 aromatic carbocycles. The van der Waals surface area contributed by atoms with Crippen molar-refractivity contribution in [3.05, 3.63) is 35.9 Å². The van der Waals surface area contributed by atoms with Gasteiger partial charge < -0.3 is 14.8 Å². The fourth-order valence-corrected chi connectivity index (χ4v) is 2.63. The van der Waals surface area contributed by atoms with Crippen molar-refractivity contribution >= 4 is 0 Å². The summed E-state index contributed by atoms with van der Waals surface area (Å²) in [4.78, 5) is 0. The molecule has 2 saturated heterocycles. The second kappa shape index (κ2) is 3.55. The lowest BCUT2D eigenvalue weighted by atomic mass is 10.0. The molecular formula is C13H17NO2. The standard InChI is InChI=1S/C13H17NO2/c1-13(2)15-10-8-14-11(12(10)16-13)9-6-4-3-5-7-9/h3-7,10-12,14H,8H2,1-2H3/t10-,11-,12-/m0/s1. The van der Waals surface area contributed by atoms with Gasteiger partial charge in [-0.05, 0) is 19.4 Å². The van der Waals surface area contributed by atoms with Gasteiger partial charge in [0.1, 0.15) is 12.2 Å². The molecule has 0 bridgehead atoms. The van der Waals surface area contributed by atoms with Gasteiger partial charge in [-0.1, -0.05) is 30.3 Å². The van der Waals surface area contributed by atoms with Crippen molar-refractivity contribution in [2.45, 2.75) is 37.9 Å². The molecule has 1 aromatic rings. The van der Waals surface area contributed by atoms with E-state index in [9.17, 15) is 0 Å². The van der Waals surface area contributed by atoms with Crippen LogP contribution in [0.5, 0.6) is 0 Å². The fourth-order valence-electron chi connectivity index (χ4n) is 2.63. The summed E-state index contributed by atoms with van der Waals surface area (Å²) in [5.41, 5.74) is 1.27. The molecule has 0 saturated carbocycles. The largest absolute Gasteiger partial charge is 0.343 e. The topological polar surface area (TPSA) is 30.5 Å². The Morgan fingerprint density at radius 3 is 2.69 bits per heavy atom. The second-order valence-corrected chi connectivity index (χ2v) is 4.94. The van der Waals surface area contributed by atoms with Crippen molar-refractivity contribution in [1.29, 1.82) is 0 Å². The summed E-state index contributed by atoms with van der Waals surface area (Å²) in [5.74, 6) is -0.440. The van der Waals surface area contributed by atoms with Crippen molar-refractivity contribution in [1.82, 2.24) is 5.32 Å². The van der Waals surface area contributed by atoms with Crippen molar-refractivity contribution in [3.63, 3.8) is 0 Å². The zero-order valence-corrected chi connectivity index (χ0v) is 9.64. The minimum absolute atomic E-state index is 0.136. The number of hydrogen-bond donors (Lipinski definition) is 1. The van der Waals surface area contributed by atoms with E-state index in [2.05, 4.69) is 29.6 Å². The number of hydrogen-bond acceptors (Lipinski definition) is 3. The maximum atomic E-state index is 5.96. The molecule has 3 nitrogen and oxygen atoms in total. The van der Waals surface area contributed by atoms with Gasteiger partial charge in [-0.3, -0.25) is 0 Å². The van der Waals surface area contributed by atoms with Gasteiger partial charge in [0.25, 0.3) is 0 Å². The van der Waals surface area contributed by atoms with Gasteiger partial charge >= 0.3 is 0 Å². The zero-order chi connectivity index (χ0) is 11.2. The fraction of sp³-hybridized carbons (Fsp3) is 0.538. The van der Waals surface area contributed by atoms with Gasteiger partial charge in [-0.25, -0.2) is 0 Å². The van der Waals surface area contributed by atoms with Crippen LogP contribution in [0.3, 0.4) is 0 Å². The molecule has 0 spiro atoms. The molecule has 16 heavy (non-hydrogen) atoms. The third-order valence-corrected chi connectivity index (χ3v) is 3.25. The summed E-state index contributed by atoms with van der Waals surface area (Å²) in [6.07, 6.45) is 0.317. The Bertz CT molecular complexity index is 377. The lowest BCUT2D eigenvalue weighted by Crippen LogP contribution is -2.29. The Kier molecular flexibility index (Phi) is 2.28. The van der Waals surface area contributed by atoms with Crippen LogP contribution in [0.1, 0.15) is 25.5 Å². The first-order chi connectivity index (χ1) is 7.66. The maximum absolute atomic E-state index is 5.96. The summed E-state index contributed by atoms with van der Waals surface area (Å²) in [7, 11) is 0. The van der Waals surface area contributed by atoms with Gasteiger partial charge in [0.2, 0.25) is 0 Å². The quantitative estimate of drug-likeness (QED) is 0.782. The average molecular weight is 219 g/mol. The Morgan fingerprint density at radius 1 is 1.19 bits per heavy atom. The van der Waals surface area contributed by atoms with E-state index in [1.165, 1.54) is 5.56 Å². The van der Waals surface area contributed by atoms with Crippen LogP contribution in [0.15, 0.2) is 30.3 Å². The SMILES string of the molecule is CC1(C)O[C@H]2[C@H](CN[C@H]2c2ccccc2)O1. The first-order valence-corrected chi connectivity index (χ1v) is 5.80. The Labute approximate surface area is 95.8 Å². The van der Waals surface area contributed by atoms with Crippen LogP contribution in [0, 0.1) is 0 Å². The molecular weight excluding hydrogens is 202 g/mol. The van der Waals surface area contributed by atoms with E-state index in [4.69, 9.17) is 9.47 Å². The Balaban J connectivity index is 1.84. The molecule has 3 rings (SSSR count). The number of nitrogens with one attached hydrogen (secondary N) is 1. The zero-order valence-electron chi connectivity index (χ0n) is 9.64. The summed E-state index contributed by atoms with van der Waals surface area (Å²) in [5, 5.41) is 3.46. The highest BCUT2D eigenvalue weighted by Gasteiger charge is 2.49. The van der Waals surface area contributed by atoms with Gasteiger partial charge in [0.15, 0.2) is 5.79 Å². The summed E-state index contributed by atoms with van der Waals surface area (Å²) in [6.45, 7) is 4.83. The third-order valence-electron chi connectivity index (χ3n) is 3.25. The van der Waals surface area contributed by atoms with E-state index in [0.29, 0.717) is 0 Å². The molecule has 86 valence electrons. The average Bonchev–Trinajstić information content (AvgIpc) is 2.74. The molecule has 1 N–H and O–H groups in total. The molecule has 0 amide bonds. The highest BCUT2D eigenvalue weighted by atomic mass is 16.8. The molecule has 3 atom stereocenters. The van der Waals surface area contributed by atoms with E-state index < -0.39 is 5.79 Å². The van der Waals surface area contributed by atoms with Gasteiger partial charge in [-0.2, -0.15) is 0 Å². The van der Waals surface area contributed by atoms with E-state index in [-0.39, 0.29) is 18.2 Å². The summed E-state index contributed by atoms with van der Waals surface area (Å²) in [6, 6.07) is 10.7. The van der Waals surface area contributed by atoms with E-state index in [1.54, 1.807) is 0 Å². The second-order valence-electron chi connectivity index (χ2n) is 4.94. The van der Waals surface area contributed by atoms with Crippen LogP contribution in [0.4, 0.5) is 0 Å². The molecule has 0 aliphatic carbocycles. The van der Waals surface area contributed by atoms with Crippen LogP contribution < -0.4 is 5.32 Å². The minimum Gasteiger partial charge on any atom is -0.343 e. The van der Waals surface area contributed by atoms with Crippen LogP contribution in [-0.4, -0.2) is 24.5 Å². The lowest BCUT2D eigenvalue weighted by Gasteiger charge is -2.22. The van der Waals surface area contributed by atoms with Crippen molar-refractivity contribution in [2.75, 3.05) is 6.54 Å².